The van der Waals surface area contributed by atoms with Gasteiger partial charge in [0.1, 0.15) is 0 Å². The number of nitrogens with zero attached hydrogens (tertiary/aromatic N) is 1. The van der Waals surface area contributed by atoms with Gasteiger partial charge in [0.2, 0.25) is 0 Å². The number of carbonyl (C=O) groups is 1. The predicted molar refractivity (Wildman–Crippen MR) is 85.6 cm³/mol. The van der Waals surface area contributed by atoms with Crippen molar-refractivity contribution in [2.24, 2.45) is 5.16 Å². The maximum absolute atomic E-state index is 11.5. The van der Waals surface area contributed by atoms with Crippen LogP contribution in [0.25, 0.3) is 0 Å². The molecule has 0 aliphatic rings. The zero-order valence-corrected chi connectivity index (χ0v) is 12.8. The van der Waals surface area contributed by atoms with Crippen molar-refractivity contribution in [3.63, 3.8) is 0 Å². The fourth-order valence-electron chi connectivity index (χ4n) is 1.43. The number of nitrogens with one attached hydrogen (secondary N) is 1. The first kappa shape index (κ1) is 15.6. The topological polar surface area (TPSA) is 50.7 Å². The molecule has 1 amide bonds. The predicted octanol–water partition coefficient (Wildman–Crippen LogP) is 5.23. The molecule has 0 saturated carbocycles. The van der Waals surface area contributed by atoms with E-state index in [1.165, 1.54) is 12.3 Å². The SMILES string of the molecule is O=C(Nc1ccc(Cl)c(Cl)c1)ON=Cc1ccccc1Cl. The van der Waals surface area contributed by atoms with Gasteiger partial charge in [0.25, 0.3) is 0 Å². The Morgan fingerprint density at radius 1 is 1.05 bits per heavy atom. The van der Waals surface area contributed by atoms with Gasteiger partial charge in [-0.3, -0.25) is 10.2 Å². The lowest BCUT2D eigenvalue weighted by molar-refractivity contribution is 0.167. The van der Waals surface area contributed by atoms with Crippen LogP contribution >= 0.6 is 34.8 Å². The summed E-state index contributed by atoms with van der Waals surface area (Å²) in [5.74, 6) is 0. The molecule has 0 atom stereocenters. The summed E-state index contributed by atoms with van der Waals surface area (Å²) in [5, 5.41) is 7.25. The van der Waals surface area contributed by atoms with Crippen LogP contribution in [0.15, 0.2) is 47.6 Å². The maximum atomic E-state index is 11.5. The summed E-state index contributed by atoms with van der Waals surface area (Å²) in [7, 11) is 0. The Labute approximate surface area is 136 Å². The summed E-state index contributed by atoms with van der Waals surface area (Å²) in [6.07, 6.45) is 0.591. The lowest BCUT2D eigenvalue weighted by Crippen LogP contribution is -2.10. The molecule has 4 nitrogen and oxygen atoms in total. The third kappa shape index (κ3) is 4.63. The molecule has 0 radical (unpaired) electrons. The van der Waals surface area contributed by atoms with Gasteiger partial charge in [0.15, 0.2) is 0 Å². The number of hydrogen-bond acceptors (Lipinski definition) is 3. The maximum Gasteiger partial charge on any atom is 0.437 e. The van der Waals surface area contributed by atoms with Crippen molar-refractivity contribution in [1.29, 1.82) is 0 Å². The van der Waals surface area contributed by atoms with Crippen LogP contribution in [0.2, 0.25) is 15.1 Å². The summed E-state index contributed by atoms with van der Waals surface area (Å²) >= 11 is 17.5. The first-order valence-electron chi connectivity index (χ1n) is 5.77. The van der Waals surface area contributed by atoms with Crippen molar-refractivity contribution >= 4 is 52.8 Å². The minimum Gasteiger partial charge on any atom is -0.298 e. The number of oxime groups is 1. The number of hydrogen-bond donors (Lipinski definition) is 1. The van der Waals surface area contributed by atoms with Crippen LogP contribution in [0.3, 0.4) is 0 Å². The number of halogens is 3. The van der Waals surface area contributed by atoms with E-state index in [1.807, 2.05) is 0 Å². The van der Waals surface area contributed by atoms with E-state index < -0.39 is 6.09 Å². The molecule has 7 heteroatoms. The summed E-state index contributed by atoms with van der Waals surface area (Å²) in [5.41, 5.74) is 1.09. The first-order chi connectivity index (χ1) is 10.1. The second-order valence-corrected chi connectivity index (χ2v) is 5.11. The molecule has 0 aromatic heterocycles. The van der Waals surface area contributed by atoms with E-state index >= 15 is 0 Å². The Balaban J connectivity index is 1.93. The minimum absolute atomic E-state index is 0.328. The van der Waals surface area contributed by atoms with Crippen molar-refractivity contribution in [2.45, 2.75) is 0 Å². The summed E-state index contributed by atoms with van der Waals surface area (Å²) in [6, 6.07) is 11.7. The van der Waals surface area contributed by atoms with E-state index in [4.69, 9.17) is 34.8 Å². The van der Waals surface area contributed by atoms with Crippen LogP contribution in [0.1, 0.15) is 5.56 Å². The zero-order valence-electron chi connectivity index (χ0n) is 10.5. The second kappa shape index (κ2) is 7.31. The molecule has 0 fully saturated rings. The van der Waals surface area contributed by atoms with Gasteiger partial charge in [-0.15, -0.1) is 0 Å². The van der Waals surface area contributed by atoms with Crippen LogP contribution in [-0.2, 0) is 4.84 Å². The molecular weight excluding hydrogens is 335 g/mol. The Morgan fingerprint density at radius 3 is 2.52 bits per heavy atom. The Morgan fingerprint density at radius 2 is 1.81 bits per heavy atom. The first-order valence-corrected chi connectivity index (χ1v) is 6.90. The van der Waals surface area contributed by atoms with Gasteiger partial charge in [0.05, 0.1) is 16.3 Å². The summed E-state index contributed by atoms with van der Waals surface area (Å²) in [4.78, 5) is 16.2. The van der Waals surface area contributed by atoms with E-state index in [9.17, 15) is 4.79 Å². The van der Waals surface area contributed by atoms with E-state index in [-0.39, 0.29) is 0 Å². The second-order valence-electron chi connectivity index (χ2n) is 3.89. The summed E-state index contributed by atoms with van der Waals surface area (Å²) < 4.78 is 0. The van der Waals surface area contributed by atoms with Gasteiger partial charge in [-0.25, -0.2) is 4.79 Å². The van der Waals surface area contributed by atoms with Crippen molar-refractivity contribution in [3.05, 3.63) is 63.1 Å². The monoisotopic (exact) mass is 342 g/mol. The number of carbonyl (C=O) groups excluding carboxylic acids is 1. The van der Waals surface area contributed by atoms with Gasteiger partial charge >= 0.3 is 6.09 Å². The minimum atomic E-state index is -0.753. The highest BCUT2D eigenvalue weighted by Gasteiger charge is 2.05. The molecule has 21 heavy (non-hydrogen) atoms. The molecule has 2 aromatic rings. The highest BCUT2D eigenvalue weighted by atomic mass is 35.5. The molecule has 2 aromatic carbocycles. The molecule has 0 unspecified atom stereocenters. The van der Waals surface area contributed by atoms with Crippen LogP contribution in [0.4, 0.5) is 10.5 Å². The summed E-state index contributed by atoms with van der Waals surface area (Å²) in [6.45, 7) is 0. The smallest absolute Gasteiger partial charge is 0.298 e. The molecule has 0 saturated heterocycles. The average molecular weight is 344 g/mol. The van der Waals surface area contributed by atoms with Crippen LogP contribution in [0.5, 0.6) is 0 Å². The van der Waals surface area contributed by atoms with Gasteiger partial charge in [0, 0.05) is 16.3 Å². The fraction of sp³-hybridized carbons (Fsp3) is 0. The molecular formula is C14H9Cl3N2O2. The zero-order chi connectivity index (χ0) is 15.2. The van der Waals surface area contributed by atoms with E-state index in [1.54, 1.807) is 36.4 Å². The standard InChI is InChI=1S/C14H9Cl3N2O2/c15-11-4-2-1-3-9(11)8-18-21-14(20)19-10-5-6-12(16)13(17)7-10/h1-8H,(H,19,20). The highest BCUT2D eigenvalue weighted by molar-refractivity contribution is 6.42. The van der Waals surface area contributed by atoms with Crippen molar-refractivity contribution < 1.29 is 9.63 Å². The van der Waals surface area contributed by atoms with Gasteiger partial charge in [-0.05, 0) is 24.3 Å². The molecule has 2 rings (SSSR count). The van der Waals surface area contributed by atoms with Crippen molar-refractivity contribution in [1.82, 2.24) is 0 Å². The number of rotatable bonds is 3. The highest BCUT2D eigenvalue weighted by Crippen LogP contribution is 2.25. The third-order valence-corrected chi connectivity index (χ3v) is 3.48. The molecule has 0 bridgehead atoms. The molecule has 1 N–H and O–H groups in total. The van der Waals surface area contributed by atoms with Crippen molar-refractivity contribution in [2.75, 3.05) is 5.32 Å². The third-order valence-electron chi connectivity index (χ3n) is 2.40. The van der Waals surface area contributed by atoms with Crippen molar-refractivity contribution in [3.8, 4) is 0 Å². The number of amides is 1. The lowest BCUT2D eigenvalue weighted by Gasteiger charge is -2.04. The number of anilines is 1. The Kier molecular flexibility index (Phi) is 5.44. The molecule has 108 valence electrons. The van der Waals surface area contributed by atoms with Crippen LogP contribution in [0, 0.1) is 0 Å². The Bertz CT molecular complexity index is 690. The molecule has 0 aliphatic heterocycles. The van der Waals surface area contributed by atoms with Gasteiger partial charge in [-0.1, -0.05) is 58.2 Å². The van der Waals surface area contributed by atoms with E-state index in [0.717, 1.165) is 0 Å². The van der Waals surface area contributed by atoms with Crippen LogP contribution < -0.4 is 5.32 Å². The quantitative estimate of drug-likeness (QED) is 0.471. The van der Waals surface area contributed by atoms with E-state index in [2.05, 4.69) is 15.3 Å². The largest absolute Gasteiger partial charge is 0.437 e. The fourth-order valence-corrected chi connectivity index (χ4v) is 1.91. The molecule has 0 spiro atoms. The van der Waals surface area contributed by atoms with Crippen LogP contribution in [-0.4, -0.2) is 12.3 Å². The van der Waals surface area contributed by atoms with E-state index in [0.29, 0.717) is 26.3 Å². The lowest BCUT2D eigenvalue weighted by atomic mass is 10.2. The molecule has 0 aliphatic carbocycles. The number of benzene rings is 2. The van der Waals surface area contributed by atoms with Gasteiger partial charge in [-0.2, -0.15) is 0 Å². The normalized spacial score (nSPS) is 10.6. The molecule has 0 heterocycles. The average Bonchev–Trinajstić information content (AvgIpc) is 2.45. The Hall–Kier alpha value is -1.75. The van der Waals surface area contributed by atoms with Gasteiger partial charge < -0.3 is 0 Å².